The Labute approximate surface area is 195 Å². The molecule has 0 spiro atoms. The van der Waals surface area contributed by atoms with Gasteiger partial charge in [-0.25, -0.2) is 9.97 Å². The van der Waals surface area contributed by atoms with Crippen LogP contribution in [0.25, 0.3) is 5.69 Å². The van der Waals surface area contributed by atoms with Crippen LogP contribution in [-0.2, 0) is 12.8 Å². The largest absolute Gasteiger partial charge is 0.354 e. The molecule has 4 rings (SSSR count). The molecule has 0 amide bonds. The standard InChI is InChI=1S/C25H32N8/c1-17-9-10-19(14-25(17,3)4)13-22-21(15-26)16-28-24(29-22)27-12-11-20-7-5-6-8-23(20)33-18(2)30-31-32-33/h5-8,16-17,19H,9-14H2,1-4H3,(H,27,28,29)/t17-,19-/m0/s1. The van der Waals surface area contributed by atoms with Crippen LogP contribution in [0.4, 0.5) is 5.95 Å². The van der Waals surface area contributed by atoms with Gasteiger partial charge in [0, 0.05) is 6.54 Å². The molecule has 0 radical (unpaired) electrons. The maximum Gasteiger partial charge on any atom is 0.222 e. The van der Waals surface area contributed by atoms with Crippen molar-refractivity contribution in [2.45, 2.75) is 59.8 Å². The third-order valence-corrected chi connectivity index (χ3v) is 7.15. The summed E-state index contributed by atoms with van der Waals surface area (Å²) in [5.74, 6) is 2.60. The van der Waals surface area contributed by atoms with Gasteiger partial charge in [0.25, 0.3) is 0 Å². The van der Waals surface area contributed by atoms with Crippen LogP contribution in [0.15, 0.2) is 30.5 Å². The fraction of sp³-hybridized carbons (Fsp3) is 0.520. The second kappa shape index (κ2) is 9.65. The Hall–Kier alpha value is -3.34. The Morgan fingerprint density at radius 1 is 1.24 bits per heavy atom. The van der Waals surface area contributed by atoms with E-state index in [2.05, 4.69) is 58.7 Å². The van der Waals surface area contributed by atoms with Gasteiger partial charge >= 0.3 is 0 Å². The van der Waals surface area contributed by atoms with Gasteiger partial charge in [-0.3, -0.25) is 0 Å². The maximum absolute atomic E-state index is 9.58. The predicted octanol–water partition coefficient (Wildman–Crippen LogP) is 4.29. The normalized spacial score (nSPS) is 19.7. The summed E-state index contributed by atoms with van der Waals surface area (Å²) in [5, 5.41) is 24.8. The van der Waals surface area contributed by atoms with Gasteiger partial charge in [0.05, 0.1) is 23.1 Å². The Kier molecular flexibility index (Phi) is 6.68. The highest BCUT2D eigenvalue weighted by Gasteiger charge is 2.34. The number of aryl methyl sites for hydroxylation is 1. The minimum Gasteiger partial charge on any atom is -0.354 e. The smallest absolute Gasteiger partial charge is 0.222 e. The molecule has 2 heterocycles. The summed E-state index contributed by atoms with van der Waals surface area (Å²) in [6.45, 7) is 9.61. The third kappa shape index (κ3) is 5.19. The van der Waals surface area contributed by atoms with Crippen LogP contribution in [0, 0.1) is 35.5 Å². The molecule has 1 saturated carbocycles. The number of nitrogens with one attached hydrogen (secondary N) is 1. The summed E-state index contributed by atoms with van der Waals surface area (Å²) in [5.41, 5.74) is 3.87. The summed E-state index contributed by atoms with van der Waals surface area (Å²) in [7, 11) is 0. The number of benzene rings is 1. The number of para-hydroxylation sites is 1. The van der Waals surface area contributed by atoms with Crippen molar-refractivity contribution >= 4 is 5.95 Å². The Bertz CT molecular complexity index is 1140. The van der Waals surface area contributed by atoms with Gasteiger partial charge in [0.15, 0.2) is 5.82 Å². The molecule has 0 bridgehead atoms. The zero-order chi connectivity index (χ0) is 23.4. The number of tetrazole rings is 1. The Balaban J connectivity index is 1.43. The van der Waals surface area contributed by atoms with Crippen molar-refractivity contribution in [1.29, 1.82) is 5.26 Å². The van der Waals surface area contributed by atoms with E-state index in [0.717, 1.165) is 41.5 Å². The molecule has 0 aliphatic heterocycles. The molecule has 8 nitrogen and oxygen atoms in total. The first-order chi connectivity index (χ1) is 15.9. The van der Waals surface area contributed by atoms with Gasteiger partial charge in [-0.05, 0) is 78.3 Å². The van der Waals surface area contributed by atoms with E-state index in [4.69, 9.17) is 4.98 Å². The van der Waals surface area contributed by atoms with Crippen LogP contribution in [0.1, 0.15) is 62.7 Å². The Morgan fingerprint density at radius 2 is 2.06 bits per heavy atom. The molecule has 1 aliphatic carbocycles. The molecule has 1 N–H and O–H groups in total. The third-order valence-electron chi connectivity index (χ3n) is 7.15. The lowest BCUT2D eigenvalue weighted by atomic mass is 9.65. The number of aromatic nitrogens is 6. The number of rotatable bonds is 7. The summed E-state index contributed by atoms with van der Waals surface area (Å²) in [6.07, 6.45) is 6.84. The molecule has 172 valence electrons. The fourth-order valence-electron chi connectivity index (χ4n) is 4.81. The zero-order valence-electron chi connectivity index (χ0n) is 19.9. The first-order valence-electron chi connectivity index (χ1n) is 11.7. The quantitative estimate of drug-likeness (QED) is 0.579. The van der Waals surface area contributed by atoms with Crippen molar-refractivity contribution < 1.29 is 0 Å². The number of nitrogens with zero attached hydrogens (tertiary/aromatic N) is 7. The Morgan fingerprint density at radius 3 is 2.79 bits per heavy atom. The van der Waals surface area contributed by atoms with E-state index in [9.17, 15) is 5.26 Å². The lowest BCUT2D eigenvalue weighted by molar-refractivity contribution is 0.107. The minimum absolute atomic E-state index is 0.329. The van der Waals surface area contributed by atoms with Crippen molar-refractivity contribution in [3.8, 4) is 11.8 Å². The number of anilines is 1. The zero-order valence-corrected chi connectivity index (χ0v) is 19.9. The van der Waals surface area contributed by atoms with Crippen LogP contribution in [0.2, 0.25) is 0 Å². The first-order valence-corrected chi connectivity index (χ1v) is 11.7. The van der Waals surface area contributed by atoms with Gasteiger partial charge in [-0.1, -0.05) is 39.0 Å². The highest BCUT2D eigenvalue weighted by molar-refractivity contribution is 5.42. The molecule has 3 aromatic rings. The van der Waals surface area contributed by atoms with E-state index < -0.39 is 0 Å². The van der Waals surface area contributed by atoms with Crippen molar-refractivity contribution in [2.75, 3.05) is 11.9 Å². The summed E-state index contributed by atoms with van der Waals surface area (Å²) < 4.78 is 1.75. The average molecular weight is 445 g/mol. The maximum atomic E-state index is 9.58. The molecule has 2 aromatic heterocycles. The van der Waals surface area contributed by atoms with Crippen molar-refractivity contribution in [1.82, 2.24) is 30.2 Å². The molecule has 0 saturated heterocycles. The van der Waals surface area contributed by atoms with Gasteiger partial charge < -0.3 is 5.32 Å². The van der Waals surface area contributed by atoms with E-state index in [1.165, 1.54) is 19.3 Å². The van der Waals surface area contributed by atoms with Crippen LogP contribution >= 0.6 is 0 Å². The molecule has 1 aliphatic rings. The lowest BCUT2D eigenvalue weighted by Gasteiger charge is -2.40. The fourth-order valence-corrected chi connectivity index (χ4v) is 4.81. The summed E-state index contributed by atoms with van der Waals surface area (Å²) in [4.78, 5) is 9.12. The van der Waals surface area contributed by atoms with Crippen LogP contribution in [0.3, 0.4) is 0 Å². The lowest BCUT2D eigenvalue weighted by Crippen LogP contribution is -2.31. The molecule has 1 fully saturated rings. The van der Waals surface area contributed by atoms with Crippen molar-refractivity contribution in [3.05, 3.63) is 53.1 Å². The van der Waals surface area contributed by atoms with Crippen LogP contribution in [0.5, 0.6) is 0 Å². The molecule has 1 aromatic carbocycles. The highest BCUT2D eigenvalue weighted by Crippen LogP contribution is 2.44. The second-order valence-corrected chi connectivity index (χ2v) is 9.85. The van der Waals surface area contributed by atoms with E-state index in [0.29, 0.717) is 29.4 Å². The molecular formula is C25H32N8. The monoisotopic (exact) mass is 444 g/mol. The van der Waals surface area contributed by atoms with Gasteiger partial charge in [0.1, 0.15) is 6.07 Å². The van der Waals surface area contributed by atoms with E-state index in [1.807, 2.05) is 25.1 Å². The van der Waals surface area contributed by atoms with Crippen molar-refractivity contribution in [3.63, 3.8) is 0 Å². The number of nitriles is 1. The van der Waals surface area contributed by atoms with Gasteiger partial charge in [-0.15, -0.1) is 5.10 Å². The van der Waals surface area contributed by atoms with Gasteiger partial charge in [0.2, 0.25) is 5.95 Å². The predicted molar refractivity (Wildman–Crippen MR) is 127 cm³/mol. The molecule has 8 heteroatoms. The molecular weight excluding hydrogens is 412 g/mol. The topological polar surface area (TPSA) is 105 Å². The second-order valence-electron chi connectivity index (χ2n) is 9.85. The molecule has 0 unspecified atom stereocenters. The first kappa shape index (κ1) is 22.8. The van der Waals surface area contributed by atoms with E-state index in [1.54, 1.807) is 10.9 Å². The highest BCUT2D eigenvalue weighted by atomic mass is 15.5. The van der Waals surface area contributed by atoms with Crippen LogP contribution < -0.4 is 5.32 Å². The molecule has 33 heavy (non-hydrogen) atoms. The molecule has 2 atom stereocenters. The van der Waals surface area contributed by atoms with Gasteiger partial charge in [-0.2, -0.15) is 9.94 Å². The van der Waals surface area contributed by atoms with E-state index >= 15 is 0 Å². The van der Waals surface area contributed by atoms with Crippen molar-refractivity contribution in [2.24, 2.45) is 17.3 Å². The average Bonchev–Trinajstić information content (AvgIpc) is 3.22. The van der Waals surface area contributed by atoms with E-state index in [-0.39, 0.29) is 0 Å². The minimum atomic E-state index is 0.329. The summed E-state index contributed by atoms with van der Waals surface area (Å²) in [6, 6.07) is 10.4. The number of hydrogen-bond acceptors (Lipinski definition) is 7. The van der Waals surface area contributed by atoms with Crippen LogP contribution in [-0.4, -0.2) is 36.7 Å². The number of hydrogen-bond donors (Lipinski definition) is 1. The summed E-state index contributed by atoms with van der Waals surface area (Å²) >= 11 is 0. The SMILES string of the molecule is Cc1nnnn1-c1ccccc1CCNc1ncc(C#N)c(C[C@@H]2CC[C@H](C)C(C)(C)C2)n1.